The second kappa shape index (κ2) is 10.4. The van der Waals surface area contributed by atoms with Crippen LogP contribution in [0, 0.1) is 0 Å². The van der Waals surface area contributed by atoms with Gasteiger partial charge in [0.15, 0.2) is 0 Å². The van der Waals surface area contributed by atoms with Crippen molar-refractivity contribution < 1.29 is 4.79 Å². The second-order valence-electron chi connectivity index (χ2n) is 8.48. The zero-order valence-electron chi connectivity index (χ0n) is 19.6. The van der Waals surface area contributed by atoms with Gasteiger partial charge in [-0.05, 0) is 59.7 Å². The van der Waals surface area contributed by atoms with E-state index in [1.165, 1.54) is 0 Å². The number of nitrogens with zero attached hydrogens (tertiary/aromatic N) is 3. The van der Waals surface area contributed by atoms with Crippen LogP contribution in [0.25, 0.3) is 11.0 Å². The lowest BCUT2D eigenvalue weighted by Gasteiger charge is -2.11. The van der Waals surface area contributed by atoms with E-state index < -0.39 is 0 Å². The van der Waals surface area contributed by atoms with Crippen molar-refractivity contribution in [3.8, 4) is 0 Å². The average molecular weight is 532 g/mol. The van der Waals surface area contributed by atoms with E-state index in [2.05, 4.69) is 20.6 Å². The van der Waals surface area contributed by atoms with Crippen molar-refractivity contribution in [2.75, 3.05) is 22.1 Å². The summed E-state index contributed by atoms with van der Waals surface area (Å²) in [6, 6.07) is 21.8. The quantitative estimate of drug-likeness (QED) is 0.196. The summed E-state index contributed by atoms with van der Waals surface area (Å²) in [6.07, 6.45) is 1.93. The van der Waals surface area contributed by atoms with Crippen LogP contribution < -0.4 is 22.1 Å². The summed E-state index contributed by atoms with van der Waals surface area (Å²) in [5.41, 5.74) is 16.2. The van der Waals surface area contributed by atoms with Gasteiger partial charge >= 0.3 is 0 Å². The molecule has 5 rings (SSSR count). The molecule has 6 N–H and O–H groups in total. The molecule has 0 fully saturated rings. The minimum Gasteiger partial charge on any atom is -0.397 e. The standard InChI is InChI=1S/C27H23Cl2N7O/c28-19-11-17(12-20(29)13-19)14-32-24-21-9-10-36(25(21)35-27(31)34-24)15-16-5-7-18(8-6-16)26(37)33-23-4-2-1-3-22(23)30/h1-13H,14-15,30H2,(H,33,37)(H3,31,32,34,35). The van der Waals surface area contributed by atoms with E-state index in [4.69, 9.17) is 34.7 Å². The molecule has 3 aromatic carbocycles. The lowest BCUT2D eigenvalue weighted by atomic mass is 10.1. The highest BCUT2D eigenvalue weighted by Gasteiger charge is 2.13. The number of para-hydroxylation sites is 2. The lowest BCUT2D eigenvalue weighted by molar-refractivity contribution is 0.102. The molecular formula is C27H23Cl2N7O. The van der Waals surface area contributed by atoms with E-state index in [0.29, 0.717) is 51.5 Å². The van der Waals surface area contributed by atoms with Gasteiger partial charge in [0.25, 0.3) is 5.91 Å². The van der Waals surface area contributed by atoms with E-state index in [0.717, 1.165) is 16.5 Å². The van der Waals surface area contributed by atoms with Crippen molar-refractivity contribution >= 4 is 63.3 Å². The van der Waals surface area contributed by atoms with Crippen LogP contribution in [0.5, 0.6) is 0 Å². The van der Waals surface area contributed by atoms with Gasteiger partial charge in [-0.1, -0.05) is 47.5 Å². The number of halogens is 2. The Bertz CT molecular complexity index is 1580. The summed E-state index contributed by atoms with van der Waals surface area (Å²) in [7, 11) is 0. The van der Waals surface area contributed by atoms with Crippen LogP contribution in [0.1, 0.15) is 21.5 Å². The van der Waals surface area contributed by atoms with E-state index in [-0.39, 0.29) is 11.9 Å². The van der Waals surface area contributed by atoms with Gasteiger partial charge in [-0.15, -0.1) is 0 Å². The first-order valence-corrected chi connectivity index (χ1v) is 12.2. The number of nitrogen functional groups attached to an aromatic ring is 2. The molecule has 0 atom stereocenters. The van der Waals surface area contributed by atoms with Crippen molar-refractivity contribution in [2.24, 2.45) is 0 Å². The SMILES string of the molecule is Nc1nc(NCc2cc(Cl)cc(Cl)c2)c2ccn(Cc3ccc(C(=O)Nc4ccccc4N)cc3)c2n1. The Morgan fingerprint density at radius 1 is 0.892 bits per heavy atom. The number of hydrogen-bond donors (Lipinski definition) is 4. The van der Waals surface area contributed by atoms with Gasteiger partial charge in [0.1, 0.15) is 11.5 Å². The Hall–Kier alpha value is -4.27. The van der Waals surface area contributed by atoms with Crippen LogP contribution in [-0.4, -0.2) is 20.4 Å². The van der Waals surface area contributed by atoms with Crippen molar-refractivity contribution in [3.05, 3.63) is 106 Å². The molecule has 2 aromatic heterocycles. The number of aromatic nitrogens is 3. The van der Waals surface area contributed by atoms with Gasteiger partial charge in [0.2, 0.25) is 5.95 Å². The largest absolute Gasteiger partial charge is 0.397 e. The van der Waals surface area contributed by atoms with Crippen LogP contribution in [-0.2, 0) is 13.1 Å². The molecule has 37 heavy (non-hydrogen) atoms. The van der Waals surface area contributed by atoms with Crippen molar-refractivity contribution in [1.29, 1.82) is 0 Å². The molecule has 0 aliphatic carbocycles. The third kappa shape index (κ3) is 5.61. The second-order valence-corrected chi connectivity index (χ2v) is 9.35. The number of carbonyl (C=O) groups is 1. The fourth-order valence-electron chi connectivity index (χ4n) is 4.01. The maximum atomic E-state index is 12.6. The maximum Gasteiger partial charge on any atom is 0.255 e. The Kier molecular flexibility index (Phi) is 6.85. The number of amides is 1. The van der Waals surface area contributed by atoms with E-state index in [1.807, 2.05) is 53.2 Å². The molecule has 186 valence electrons. The predicted molar refractivity (Wildman–Crippen MR) is 150 cm³/mol. The number of anilines is 4. The zero-order chi connectivity index (χ0) is 25.9. The number of nitrogens with one attached hydrogen (secondary N) is 2. The maximum absolute atomic E-state index is 12.6. The Morgan fingerprint density at radius 3 is 2.35 bits per heavy atom. The fourth-order valence-corrected chi connectivity index (χ4v) is 4.58. The number of fused-ring (bicyclic) bond motifs is 1. The van der Waals surface area contributed by atoms with Gasteiger partial charge in [-0.2, -0.15) is 9.97 Å². The average Bonchev–Trinajstić information content (AvgIpc) is 3.26. The van der Waals surface area contributed by atoms with Gasteiger partial charge in [-0.25, -0.2) is 0 Å². The Balaban J connectivity index is 1.32. The number of rotatable bonds is 7. The molecule has 1 amide bonds. The smallest absolute Gasteiger partial charge is 0.255 e. The van der Waals surface area contributed by atoms with E-state index >= 15 is 0 Å². The summed E-state index contributed by atoms with van der Waals surface area (Å²) < 4.78 is 1.98. The van der Waals surface area contributed by atoms with Crippen LogP contribution in [0.2, 0.25) is 10.0 Å². The molecule has 5 aromatic rings. The number of hydrogen-bond acceptors (Lipinski definition) is 6. The highest BCUT2D eigenvalue weighted by atomic mass is 35.5. The van der Waals surface area contributed by atoms with Crippen LogP contribution in [0.15, 0.2) is 79.0 Å². The summed E-state index contributed by atoms with van der Waals surface area (Å²) in [4.78, 5) is 21.4. The van der Waals surface area contributed by atoms with Gasteiger partial charge in [0, 0.05) is 34.9 Å². The first kappa shape index (κ1) is 24.4. The predicted octanol–water partition coefficient (Wildman–Crippen LogP) is 5.82. The fraction of sp³-hybridized carbons (Fsp3) is 0.0741. The van der Waals surface area contributed by atoms with Gasteiger partial charge in [-0.3, -0.25) is 4.79 Å². The number of carbonyl (C=O) groups excluding carboxylic acids is 1. The van der Waals surface area contributed by atoms with Crippen molar-refractivity contribution in [2.45, 2.75) is 13.1 Å². The lowest BCUT2D eigenvalue weighted by Crippen LogP contribution is -2.13. The van der Waals surface area contributed by atoms with Gasteiger partial charge in [0.05, 0.1) is 16.8 Å². The summed E-state index contributed by atoms with van der Waals surface area (Å²) in [5.74, 6) is 0.545. The molecule has 0 aliphatic rings. The first-order valence-electron chi connectivity index (χ1n) is 11.4. The molecule has 0 bridgehead atoms. The highest BCUT2D eigenvalue weighted by Crippen LogP contribution is 2.25. The molecule has 0 saturated heterocycles. The molecule has 0 radical (unpaired) electrons. The molecule has 0 saturated carbocycles. The zero-order valence-corrected chi connectivity index (χ0v) is 21.1. The normalized spacial score (nSPS) is 11.0. The molecule has 10 heteroatoms. The van der Waals surface area contributed by atoms with Crippen LogP contribution in [0.3, 0.4) is 0 Å². The van der Waals surface area contributed by atoms with Gasteiger partial charge < -0.3 is 26.7 Å². The summed E-state index contributed by atoms with van der Waals surface area (Å²) in [5, 5.41) is 8.10. The first-order chi connectivity index (χ1) is 17.9. The van der Waals surface area contributed by atoms with Crippen LogP contribution in [0.4, 0.5) is 23.1 Å². The third-order valence-corrected chi connectivity index (χ3v) is 6.23. The minimum atomic E-state index is -0.229. The molecule has 8 nitrogen and oxygen atoms in total. The number of nitrogens with two attached hydrogens (primary N) is 2. The molecular weight excluding hydrogens is 509 g/mol. The molecule has 0 spiro atoms. The van der Waals surface area contributed by atoms with Crippen LogP contribution >= 0.6 is 23.2 Å². The molecule has 0 unspecified atom stereocenters. The Labute approximate surface area is 223 Å². The topological polar surface area (TPSA) is 124 Å². The minimum absolute atomic E-state index is 0.159. The van der Waals surface area contributed by atoms with Crippen molar-refractivity contribution in [1.82, 2.24) is 14.5 Å². The van der Waals surface area contributed by atoms with E-state index in [9.17, 15) is 4.79 Å². The third-order valence-electron chi connectivity index (χ3n) is 5.80. The monoisotopic (exact) mass is 531 g/mol. The van der Waals surface area contributed by atoms with E-state index in [1.54, 1.807) is 30.3 Å². The van der Waals surface area contributed by atoms with Crippen molar-refractivity contribution in [3.63, 3.8) is 0 Å². The molecule has 2 heterocycles. The Morgan fingerprint density at radius 2 is 1.62 bits per heavy atom. The number of benzene rings is 3. The molecule has 0 aliphatic heterocycles. The highest BCUT2D eigenvalue weighted by molar-refractivity contribution is 6.34. The summed E-state index contributed by atoms with van der Waals surface area (Å²) in [6.45, 7) is 1.01. The summed E-state index contributed by atoms with van der Waals surface area (Å²) >= 11 is 12.2.